The SMILES string of the molecule is CNCC1CCN(C(=O)c2ccn(-c3cc(C)ccc3OC)n2)C1. The number of ether oxygens (including phenoxy) is 1. The fourth-order valence-corrected chi connectivity index (χ4v) is 3.19. The molecule has 1 amide bonds. The van der Waals surface area contributed by atoms with Crippen molar-refractivity contribution in [3.8, 4) is 11.4 Å². The first-order valence-corrected chi connectivity index (χ1v) is 8.27. The Morgan fingerprint density at radius 3 is 3.00 bits per heavy atom. The first-order chi connectivity index (χ1) is 11.6. The van der Waals surface area contributed by atoms with Crippen molar-refractivity contribution in [2.45, 2.75) is 13.3 Å². The summed E-state index contributed by atoms with van der Waals surface area (Å²) < 4.78 is 7.11. The van der Waals surface area contributed by atoms with Gasteiger partial charge in [-0.2, -0.15) is 5.10 Å². The Bertz CT molecular complexity index is 726. The second-order valence-corrected chi connectivity index (χ2v) is 6.28. The van der Waals surface area contributed by atoms with Crippen LogP contribution in [-0.4, -0.2) is 54.4 Å². The molecule has 1 aromatic carbocycles. The number of aromatic nitrogens is 2. The van der Waals surface area contributed by atoms with Crippen LogP contribution in [0.2, 0.25) is 0 Å². The lowest BCUT2D eigenvalue weighted by Gasteiger charge is -2.15. The minimum atomic E-state index is -0.000951. The molecule has 0 bridgehead atoms. The fraction of sp³-hybridized carbons (Fsp3) is 0.444. The fourth-order valence-electron chi connectivity index (χ4n) is 3.19. The largest absolute Gasteiger partial charge is 0.494 e. The van der Waals surface area contributed by atoms with E-state index in [1.54, 1.807) is 17.9 Å². The van der Waals surface area contributed by atoms with Gasteiger partial charge in [-0.25, -0.2) is 4.68 Å². The molecule has 6 nitrogen and oxygen atoms in total. The molecule has 1 aliphatic heterocycles. The average Bonchev–Trinajstić information content (AvgIpc) is 3.24. The first kappa shape index (κ1) is 16.5. The summed E-state index contributed by atoms with van der Waals surface area (Å²) in [6, 6.07) is 7.68. The molecule has 1 fully saturated rings. The number of nitrogens with one attached hydrogen (secondary N) is 1. The summed E-state index contributed by atoms with van der Waals surface area (Å²) in [5.74, 6) is 1.26. The van der Waals surface area contributed by atoms with Crippen LogP contribution in [0.15, 0.2) is 30.5 Å². The van der Waals surface area contributed by atoms with E-state index < -0.39 is 0 Å². The zero-order valence-corrected chi connectivity index (χ0v) is 14.5. The lowest BCUT2D eigenvalue weighted by atomic mass is 10.1. The summed E-state index contributed by atoms with van der Waals surface area (Å²) in [4.78, 5) is 14.6. The van der Waals surface area contributed by atoms with Crippen molar-refractivity contribution in [1.82, 2.24) is 20.0 Å². The van der Waals surface area contributed by atoms with E-state index in [0.717, 1.165) is 43.1 Å². The van der Waals surface area contributed by atoms with Crippen LogP contribution in [0.1, 0.15) is 22.5 Å². The van der Waals surface area contributed by atoms with Gasteiger partial charge in [-0.1, -0.05) is 6.07 Å². The Balaban J connectivity index is 1.79. The number of hydrogen-bond donors (Lipinski definition) is 1. The molecule has 1 atom stereocenters. The molecule has 1 N–H and O–H groups in total. The topological polar surface area (TPSA) is 59.4 Å². The van der Waals surface area contributed by atoms with Crippen molar-refractivity contribution in [3.05, 3.63) is 41.7 Å². The molecule has 0 radical (unpaired) electrons. The van der Waals surface area contributed by atoms with E-state index in [0.29, 0.717) is 11.6 Å². The number of amides is 1. The number of benzene rings is 1. The van der Waals surface area contributed by atoms with Gasteiger partial charge in [0, 0.05) is 19.3 Å². The smallest absolute Gasteiger partial charge is 0.274 e. The second kappa shape index (κ2) is 7.05. The lowest BCUT2D eigenvalue weighted by Crippen LogP contribution is -2.30. The van der Waals surface area contributed by atoms with Crippen LogP contribution in [0.5, 0.6) is 5.75 Å². The van der Waals surface area contributed by atoms with Crippen LogP contribution in [0.4, 0.5) is 0 Å². The number of methoxy groups -OCH3 is 1. The Morgan fingerprint density at radius 2 is 2.25 bits per heavy atom. The van der Waals surface area contributed by atoms with Crippen molar-refractivity contribution in [2.24, 2.45) is 5.92 Å². The van der Waals surface area contributed by atoms with Gasteiger partial charge in [-0.05, 0) is 56.6 Å². The van der Waals surface area contributed by atoms with Crippen LogP contribution >= 0.6 is 0 Å². The van der Waals surface area contributed by atoms with Crippen LogP contribution in [0.25, 0.3) is 5.69 Å². The molecule has 1 saturated heterocycles. The van der Waals surface area contributed by atoms with E-state index in [1.807, 2.05) is 43.3 Å². The highest BCUT2D eigenvalue weighted by molar-refractivity contribution is 5.92. The third-order valence-electron chi connectivity index (χ3n) is 4.46. The van der Waals surface area contributed by atoms with E-state index in [2.05, 4.69) is 10.4 Å². The number of carbonyl (C=O) groups excluding carboxylic acids is 1. The minimum absolute atomic E-state index is 0.000951. The maximum atomic E-state index is 12.7. The van der Waals surface area contributed by atoms with Gasteiger partial charge in [-0.15, -0.1) is 0 Å². The van der Waals surface area contributed by atoms with Gasteiger partial charge in [0.15, 0.2) is 5.69 Å². The Kier molecular flexibility index (Phi) is 4.85. The molecule has 128 valence electrons. The minimum Gasteiger partial charge on any atom is -0.494 e. The van der Waals surface area contributed by atoms with E-state index in [4.69, 9.17) is 4.74 Å². The van der Waals surface area contributed by atoms with Crippen molar-refractivity contribution in [3.63, 3.8) is 0 Å². The van der Waals surface area contributed by atoms with Crippen LogP contribution in [-0.2, 0) is 0 Å². The Labute approximate surface area is 142 Å². The van der Waals surface area contributed by atoms with Crippen LogP contribution in [0, 0.1) is 12.8 Å². The second-order valence-electron chi connectivity index (χ2n) is 6.28. The normalized spacial score (nSPS) is 17.3. The van der Waals surface area contributed by atoms with Gasteiger partial charge >= 0.3 is 0 Å². The molecule has 24 heavy (non-hydrogen) atoms. The van der Waals surface area contributed by atoms with E-state index >= 15 is 0 Å². The van der Waals surface area contributed by atoms with Crippen molar-refractivity contribution >= 4 is 5.91 Å². The van der Waals surface area contributed by atoms with Crippen molar-refractivity contribution in [2.75, 3.05) is 33.8 Å². The molecule has 1 aromatic heterocycles. The highest BCUT2D eigenvalue weighted by Crippen LogP contribution is 2.24. The summed E-state index contributed by atoms with van der Waals surface area (Å²) in [5.41, 5.74) is 2.43. The van der Waals surface area contributed by atoms with Gasteiger partial charge in [0.1, 0.15) is 11.4 Å². The van der Waals surface area contributed by atoms with Gasteiger partial charge < -0.3 is 15.0 Å². The summed E-state index contributed by atoms with van der Waals surface area (Å²) in [7, 11) is 3.58. The van der Waals surface area contributed by atoms with E-state index in [9.17, 15) is 4.79 Å². The zero-order chi connectivity index (χ0) is 17.1. The molecule has 0 saturated carbocycles. The predicted molar refractivity (Wildman–Crippen MR) is 92.8 cm³/mol. The number of nitrogens with zero attached hydrogens (tertiary/aromatic N) is 3. The van der Waals surface area contributed by atoms with Gasteiger partial charge in [0.2, 0.25) is 0 Å². The number of hydrogen-bond acceptors (Lipinski definition) is 4. The van der Waals surface area contributed by atoms with Crippen LogP contribution < -0.4 is 10.1 Å². The molecule has 3 rings (SSSR count). The number of carbonyl (C=O) groups is 1. The van der Waals surface area contributed by atoms with Gasteiger partial charge in [-0.3, -0.25) is 4.79 Å². The third kappa shape index (κ3) is 3.28. The van der Waals surface area contributed by atoms with Crippen LogP contribution in [0.3, 0.4) is 0 Å². The summed E-state index contributed by atoms with van der Waals surface area (Å²) in [5, 5.41) is 7.66. The summed E-state index contributed by atoms with van der Waals surface area (Å²) >= 11 is 0. The quantitative estimate of drug-likeness (QED) is 0.910. The molecule has 2 aromatic rings. The van der Waals surface area contributed by atoms with E-state index in [-0.39, 0.29) is 5.91 Å². The van der Waals surface area contributed by atoms with Gasteiger partial charge in [0.25, 0.3) is 5.91 Å². The van der Waals surface area contributed by atoms with E-state index in [1.165, 1.54) is 0 Å². The van der Waals surface area contributed by atoms with Crippen molar-refractivity contribution < 1.29 is 9.53 Å². The molecule has 2 heterocycles. The molecular weight excluding hydrogens is 304 g/mol. The highest BCUT2D eigenvalue weighted by Gasteiger charge is 2.27. The molecule has 6 heteroatoms. The van der Waals surface area contributed by atoms with Crippen molar-refractivity contribution in [1.29, 1.82) is 0 Å². The lowest BCUT2D eigenvalue weighted by molar-refractivity contribution is 0.0781. The maximum absolute atomic E-state index is 12.7. The maximum Gasteiger partial charge on any atom is 0.274 e. The Hall–Kier alpha value is -2.34. The third-order valence-corrected chi connectivity index (χ3v) is 4.46. The highest BCUT2D eigenvalue weighted by atomic mass is 16.5. The number of likely N-dealkylation sites (tertiary alicyclic amines) is 1. The summed E-state index contributed by atoms with van der Waals surface area (Å²) in [6.45, 7) is 4.55. The molecule has 0 aliphatic carbocycles. The Morgan fingerprint density at radius 1 is 1.42 bits per heavy atom. The molecule has 0 spiro atoms. The molecule has 1 unspecified atom stereocenters. The zero-order valence-electron chi connectivity index (χ0n) is 14.5. The number of aryl methyl sites for hydroxylation is 1. The molecular formula is C18H24N4O2. The van der Waals surface area contributed by atoms with Gasteiger partial charge in [0.05, 0.1) is 7.11 Å². The monoisotopic (exact) mass is 328 g/mol. The summed E-state index contributed by atoms with van der Waals surface area (Å²) in [6.07, 6.45) is 2.85. The predicted octanol–water partition coefficient (Wildman–Crippen LogP) is 1.87. The standard InChI is InChI=1S/C18H24N4O2/c1-13-4-5-17(24-3)16(10-13)22-9-7-15(20-22)18(23)21-8-6-14(12-21)11-19-2/h4-5,7,9-10,14,19H,6,8,11-12H2,1-3H3. The molecule has 1 aliphatic rings. The average molecular weight is 328 g/mol. The number of rotatable bonds is 5. The first-order valence-electron chi connectivity index (χ1n) is 8.27.